The first kappa shape index (κ1) is 10.9. The van der Waals surface area contributed by atoms with Gasteiger partial charge in [0.05, 0.1) is 4.87 Å². The van der Waals surface area contributed by atoms with Crippen molar-refractivity contribution >= 4 is 23.4 Å². The molecular formula is C13H16ClNS. The van der Waals surface area contributed by atoms with Gasteiger partial charge in [-0.05, 0) is 42.5 Å². The SMILES string of the molecule is CCC1CSC2(CCc3cc(Cl)ccc32)N1. The lowest BCUT2D eigenvalue weighted by atomic mass is 10.1. The second kappa shape index (κ2) is 3.94. The van der Waals surface area contributed by atoms with Gasteiger partial charge in [0.1, 0.15) is 0 Å². The van der Waals surface area contributed by atoms with Gasteiger partial charge in [-0.1, -0.05) is 24.6 Å². The molecular weight excluding hydrogens is 238 g/mol. The van der Waals surface area contributed by atoms with Crippen LogP contribution in [-0.4, -0.2) is 11.8 Å². The van der Waals surface area contributed by atoms with Gasteiger partial charge in [0.15, 0.2) is 0 Å². The third kappa shape index (κ3) is 1.59. The molecule has 0 aromatic heterocycles. The van der Waals surface area contributed by atoms with Crippen LogP contribution in [0.2, 0.25) is 5.02 Å². The highest BCUT2D eigenvalue weighted by atomic mass is 35.5. The van der Waals surface area contributed by atoms with Crippen molar-refractivity contribution in [2.24, 2.45) is 0 Å². The van der Waals surface area contributed by atoms with Crippen LogP contribution in [0.5, 0.6) is 0 Å². The number of halogens is 1. The number of benzene rings is 1. The van der Waals surface area contributed by atoms with Crippen LogP contribution >= 0.6 is 23.4 Å². The normalized spacial score (nSPS) is 32.2. The summed E-state index contributed by atoms with van der Waals surface area (Å²) in [7, 11) is 0. The zero-order valence-electron chi connectivity index (χ0n) is 9.42. The molecule has 1 aromatic rings. The Labute approximate surface area is 106 Å². The molecule has 2 aliphatic rings. The Morgan fingerprint density at radius 2 is 2.44 bits per heavy atom. The highest BCUT2D eigenvalue weighted by Crippen LogP contribution is 2.49. The van der Waals surface area contributed by atoms with E-state index in [0.717, 1.165) is 11.4 Å². The van der Waals surface area contributed by atoms with E-state index < -0.39 is 0 Å². The molecule has 0 radical (unpaired) electrons. The van der Waals surface area contributed by atoms with Gasteiger partial charge in [-0.15, -0.1) is 11.8 Å². The molecule has 3 rings (SSSR count). The predicted octanol–water partition coefficient (Wildman–Crippen LogP) is 3.55. The van der Waals surface area contributed by atoms with Gasteiger partial charge in [-0.2, -0.15) is 0 Å². The van der Waals surface area contributed by atoms with Gasteiger partial charge >= 0.3 is 0 Å². The van der Waals surface area contributed by atoms with E-state index in [9.17, 15) is 0 Å². The van der Waals surface area contributed by atoms with Gasteiger partial charge < -0.3 is 0 Å². The Kier molecular flexibility index (Phi) is 2.69. The van der Waals surface area contributed by atoms with E-state index in [2.05, 4.69) is 36.1 Å². The van der Waals surface area contributed by atoms with Crippen LogP contribution in [0, 0.1) is 0 Å². The number of thioether (sulfide) groups is 1. The van der Waals surface area contributed by atoms with Crippen LogP contribution < -0.4 is 5.32 Å². The molecule has 1 nitrogen and oxygen atoms in total. The fourth-order valence-electron chi connectivity index (χ4n) is 2.78. The highest BCUT2D eigenvalue weighted by molar-refractivity contribution is 8.00. The average molecular weight is 254 g/mol. The smallest absolute Gasteiger partial charge is 0.0910 e. The first-order chi connectivity index (χ1) is 7.73. The molecule has 2 atom stereocenters. The van der Waals surface area contributed by atoms with E-state index >= 15 is 0 Å². The maximum Gasteiger partial charge on any atom is 0.0910 e. The van der Waals surface area contributed by atoms with Crippen LogP contribution in [-0.2, 0) is 11.3 Å². The lowest BCUT2D eigenvalue weighted by Gasteiger charge is -2.25. The van der Waals surface area contributed by atoms with Crippen LogP contribution in [0.1, 0.15) is 30.9 Å². The first-order valence-electron chi connectivity index (χ1n) is 5.94. The molecule has 0 saturated carbocycles. The van der Waals surface area contributed by atoms with Crippen LogP contribution in [0.25, 0.3) is 0 Å². The molecule has 1 spiro atoms. The number of hydrogen-bond donors (Lipinski definition) is 1. The lowest BCUT2D eigenvalue weighted by Crippen LogP contribution is -2.37. The zero-order chi connectivity index (χ0) is 11.2. The van der Waals surface area contributed by atoms with E-state index in [1.807, 2.05) is 6.07 Å². The minimum Gasteiger partial charge on any atom is -0.295 e. The largest absolute Gasteiger partial charge is 0.295 e. The summed E-state index contributed by atoms with van der Waals surface area (Å²) in [4.78, 5) is 0.195. The van der Waals surface area contributed by atoms with Crippen molar-refractivity contribution in [1.29, 1.82) is 0 Å². The molecule has 1 aliphatic heterocycles. The fraction of sp³-hybridized carbons (Fsp3) is 0.538. The zero-order valence-corrected chi connectivity index (χ0v) is 11.0. The van der Waals surface area contributed by atoms with E-state index in [0.29, 0.717) is 6.04 Å². The summed E-state index contributed by atoms with van der Waals surface area (Å²) in [6, 6.07) is 7.04. The van der Waals surface area contributed by atoms with Crippen molar-refractivity contribution in [2.75, 3.05) is 5.75 Å². The maximum absolute atomic E-state index is 6.05. The first-order valence-corrected chi connectivity index (χ1v) is 7.30. The maximum atomic E-state index is 6.05. The average Bonchev–Trinajstić information content (AvgIpc) is 2.85. The summed E-state index contributed by atoms with van der Waals surface area (Å²) < 4.78 is 0. The monoisotopic (exact) mass is 253 g/mol. The van der Waals surface area contributed by atoms with Crippen LogP contribution in [0.3, 0.4) is 0 Å². The molecule has 1 heterocycles. The third-order valence-corrected chi connectivity index (χ3v) is 5.55. The van der Waals surface area contributed by atoms with E-state index in [4.69, 9.17) is 11.6 Å². The Balaban J connectivity index is 1.97. The molecule has 86 valence electrons. The summed E-state index contributed by atoms with van der Waals surface area (Å²) >= 11 is 8.13. The van der Waals surface area contributed by atoms with Crippen molar-refractivity contribution in [1.82, 2.24) is 5.32 Å². The van der Waals surface area contributed by atoms with E-state index in [1.165, 1.54) is 29.7 Å². The Hall–Kier alpha value is -0.180. The molecule has 3 heteroatoms. The van der Waals surface area contributed by atoms with Crippen LogP contribution in [0.15, 0.2) is 18.2 Å². The Morgan fingerprint density at radius 1 is 1.56 bits per heavy atom. The summed E-state index contributed by atoms with van der Waals surface area (Å²) in [5, 5.41) is 4.68. The number of rotatable bonds is 1. The summed E-state index contributed by atoms with van der Waals surface area (Å²) in [6.07, 6.45) is 3.59. The molecule has 16 heavy (non-hydrogen) atoms. The molecule has 0 bridgehead atoms. The molecule has 1 aromatic carbocycles. The second-order valence-corrected chi connectivity index (χ2v) is 6.44. The second-order valence-electron chi connectivity index (χ2n) is 4.69. The van der Waals surface area contributed by atoms with Crippen LogP contribution in [0.4, 0.5) is 0 Å². The van der Waals surface area contributed by atoms with E-state index in [-0.39, 0.29) is 4.87 Å². The van der Waals surface area contributed by atoms with Crippen molar-refractivity contribution in [3.8, 4) is 0 Å². The minimum atomic E-state index is 0.195. The quantitative estimate of drug-likeness (QED) is 0.822. The topological polar surface area (TPSA) is 12.0 Å². The molecule has 0 amide bonds. The van der Waals surface area contributed by atoms with Gasteiger partial charge in [0.25, 0.3) is 0 Å². The van der Waals surface area contributed by atoms with Crippen molar-refractivity contribution in [3.05, 3.63) is 34.3 Å². The Morgan fingerprint density at radius 3 is 3.19 bits per heavy atom. The molecule has 2 unspecified atom stereocenters. The van der Waals surface area contributed by atoms with Gasteiger partial charge in [0, 0.05) is 16.8 Å². The summed E-state index contributed by atoms with van der Waals surface area (Å²) in [5.41, 5.74) is 2.90. The minimum absolute atomic E-state index is 0.195. The lowest BCUT2D eigenvalue weighted by molar-refractivity contribution is 0.440. The standard InChI is InChI=1S/C13H16ClNS/c1-2-11-8-16-13(15-11)6-5-9-7-10(14)3-4-12(9)13/h3-4,7,11,15H,2,5-6,8H2,1H3. The molecule has 1 fully saturated rings. The molecule has 1 aliphatic carbocycles. The van der Waals surface area contributed by atoms with Gasteiger partial charge in [-0.3, -0.25) is 5.32 Å². The predicted molar refractivity (Wildman–Crippen MR) is 71.1 cm³/mol. The molecule has 1 saturated heterocycles. The number of nitrogens with one attached hydrogen (secondary N) is 1. The van der Waals surface area contributed by atoms with Crippen molar-refractivity contribution in [2.45, 2.75) is 37.1 Å². The highest BCUT2D eigenvalue weighted by Gasteiger charge is 2.44. The van der Waals surface area contributed by atoms with Gasteiger partial charge in [0.2, 0.25) is 0 Å². The molecule has 1 N–H and O–H groups in total. The number of aryl methyl sites for hydroxylation is 1. The summed E-state index contributed by atoms with van der Waals surface area (Å²) in [5.74, 6) is 1.23. The summed E-state index contributed by atoms with van der Waals surface area (Å²) in [6.45, 7) is 2.26. The van der Waals surface area contributed by atoms with Gasteiger partial charge in [-0.25, -0.2) is 0 Å². The fourth-order valence-corrected chi connectivity index (χ4v) is 4.63. The number of fused-ring (bicyclic) bond motifs is 2. The van der Waals surface area contributed by atoms with E-state index in [1.54, 1.807) is 0 Å². The third-order valence-electron chi connectivity index (χ3n) is 3.71. The van der Waals surface area contributed by atoms with Crippen molar-refractivity contribution in [3.63, 3.8) is 0 Å². The Bertz CT molecular complexity index is 420. The van der Waals surface area contributed by atoms with Crippen molar-refractivity contribution < 1.29 is 0 Å². The number of hydrogen-bond acceptors (Lipinski definition) is 2.